The van der Waals surface area contributed by atoms with Crippen molar-refractivity contribution in [1.82, 2.24) is 5.43 Å². The van der Waals surface area contributed by atoms with Crippen molar-refractivity contribution in [3.05, 3.63) is 89.5 Å². The number of hydrogen-bond acceptors (Lipinski definition) is 5. The van der Waals surface area contributed by atoms with Crippen molar-refractivity contribution in [3.8, 4) is 5.75 Å². The van der Waals surface area contributed by atoms with Crippen molar-refractivity contribution in [2.24, 2.45) is 5.10 Å². The summed E-state index contributed by atoms with van der Waals surface area (Å²) in [6, 6.07) is 20.9. The highest BCUT2D eigenvalue weighted by molar-refractivity contribution is 7.92. The van der Waals surface area contributed by atoms with Crippen molar-refractivity contribution < 1.29 is 17.9 Å². The van der Waals surface area contributed by atoms with E-state index in [2.05, 4.69) is 10.5 Å². The fourth-order valence-electron chi connectivity index (χ4n) is 3.26. The van der Waals surface area contributed by atoms with Gasteiger partial charge in [-0.1, -0.05) is 55.0 Å². The van der Waals surface area contributed by atoms with Crippen LogP contribution in [0.3, 0.4) is 0 Å². The van der Waals surface area contributed by atoms with Crippen LogP contribution in [0, 0.1) is 6.92 Å². The van der Waals surface area contributed by atoms with E-state index in [1.165, 1.54) is 6.21 Å². The van der Waals surface area contributed by atoms with Gasteiger partial charge in [0.05, 0.1) is 23.9 Å². The lowest BCUT2D eigenvalue weighted by Gasteiger charge is -2.25. The van der Waals surface area contributed by atoms with Crippen LogP contribution < -0.4 is 14.5 Å². The van der Waals surface area contributed by atoms with Crippen molar-refractivity contribution in [3.63, 3.8) is 0 Å². The van der Waals surface area contributed by atoms with E-state index in [1.807, 2.05) is 32.0 Å². The number of rotatable bonds is 9. The first-order valence-corrected chi connectivity index (χ1v) is 11.9. The molecule has 0 aliphatic carbocycles. The van der Waals surface area contributed by atoms with E-state index in [0.29, 0.717) is 17.9 Å². The Bertz CT molecular complexity index is 1240. The Morgan fingerprint density at radius 3 is 2.48 bits per heavy atom. The zero-order chi connectivity index (χ0) is 23.8. The van der Waals surface area contributed by atoms with E-state index in [-0.39, 0.29) is 4.90 Å². The Balaban J connectivity index is 1.87. The molecule has 0 fully saturated rings. The van der Waals surface area contributed by atoms with Crippen molar-refractivity contribution in [2.45, 2.75) is 25.2 Å². The SMILES string of the molecule is CCc1ccccc1N(CC(=O)N/N=C\c1cccc(OC)c1)S(=O)(=O)c1ccc(C)cc1. The highest BCUT2D eigenvalue weighted by Gasteiger charge is 2.28. The predicted molar refractivity (Wildman–Crippen MR) is 130 cm³/mol. The molecule has 0 unspecified atom stereocenters. The number of ether oxygens (including phenoxy) is 1. The molecule has 7 nitrogen and oxygen atoms in total. The molecule has 1 amide bonds. The standard InChI is InChI=1S/C25H27N3O4S/c1-4-21-9-5-6-11-24(21)28(33(30,31)23-14-12-19(2)13-15-23)18-25(29)27-26-17-20-8-7-10-22(16-20)32-3/h5-17H,4,18H2,1-3H3,(H,27,29)/b26-17-. The molecule has 3 aromatic carbocycles. The van der Waals surface area contributed by atoms with Crippen LogP contribution in [0.25, 0.3) is 0 Å². The summed E-state index contributed by atoms with van der Waals surface area (Å²) in [4.78, 5) is 12.8. The van der Waals surface area contributed by atoms with E-state index in [4.69, 9.17) is 4.74 Å². The average molecular weight is 466 g/mol. The number of methoxy groups -OCH3 is 1. The van der Waals surface area contributed by atoms with Gasteiger partial charge in [-0.3, -0.25) is 9.10 Å². The normalized spacial score (nSPS) is 11.4. The number of para-hydroxylation sites is 1. The number of benzene rings is 3. The molecule has 3 rings (SSSR count). The summed E-state index contributed by atoms with van der Waals surface area (Å²) in [6.07, 6.45) is 2.09. The number of carbonyl (C=O) groups is 1. The van der Waals surface area contributed by atoms with E-state index >= 15 is 0 Å². The van der Waals surface area contributed by atoms with Gasteiger partial charge in [-0.05, 0) is 54.8 Å². The van der Waals surface area contributed by atoms with Crippen molar-refractivity contribution in [2.75, 3.05) is 18.0 Å². The Morgan fingerprint density at radius 2 is 1.79 bits per heavy atom. The summed E-state index contributed by atoms with van der Waals surface area (Å²) in [5, 5.41) is 3.97. The number of hydrogen-bond donors (Lipinski definition) is 1. The maximum Gasteiger partial charge on any atom is 0.264 e. The monoisotopic (exact) mass is 465 g/mol. The molecule has 172 valence electrons. The van der Waals surface area contributed by atoms with Gasteiger partial charge in [0.15, 0.2) is 0 Å². The molecular formula is C25H27N3O4S. The van der Waals surface area contributed by atoms with Crippen molar-refractivity contribution in [1.29, 1.82) is 0 Å². The number of anilines is 1. The van der Waals surface area contributed by atoms with Crippen LogP contribution in [0.15, 0.2) is 82.8 Å². The Kier molecular flexibility index (Phi) is 7.84. The maximum absolute atomic E-state index is 13.5. The maximum atomic E-state index is 13.5. The molecule has 0 saturated heterocycles. The fraction of sp³-hybridized carbons (Fsp3) is 0.200. The molecule has 0 aliphatic rings. The number of nitrogens with one attached hydrogen (secondary N) is 1. The average Bonchev–Trinajstić information content (AvgIpc) is 2.83. The molecule has 0 heterocycles. The molecule has 0 saturated carbocycles. The minimum atomic E-state index is -3.98. The van der Waals surface area contributed by atoms with Gasteiger partial charge in [0.1, 0.15) is 12.3 Å². The zero-order valence-corrected chi connectivity index (χ0v) is 19.7. The molecule has 0 aliphatic heterocycles. The second-order valence-electron chi connectivity index (χ2n) is 7.38. The first-order chi connectivity index (χ1) is 15.8. The lowest BCUT2D eigenvalue weighted by atomic mass is 10.1. The Labute approximate surface area is 194 Å². The lowest BCUT2D eigenvalue weighted by Crippen LogP contribution is -2.40. The Morgan fingerprint density at radius 1 is 1.06 bits per heavy atom. The summed E-state index contributed by atoms with van der Waals surface area (Å²) in [7, 11) is -2.42. The largest absolute Gasteiger partial charge is 0.497 e. The summed E-state index contributed by atoms with van der Waals surface area (Å²) in [5.74, 6) is 0.104. The highest BCUT2D eigenvalue weighted by atomic mass is 32.2. The third-order valence-corrected chi connectivity index (χ3v) is 6.81. The summed E-state index contributed by atoms with van der Waals surface area (Å²) < 4.78 is 33.3. The number of carbonyl (C=O) groups excluding carboxylic acids is 1. The van der Waals surface area contributed by atoms with Gasteiger partial charge >= 0.3 is 0 Å². The first-order valence-electron chi connectivity index (χ1n) is 10.5. The number of nitrogens with zero attached hydrogens (tertiary/aromatic N) is 2. The third kappa shape index (κ3) is 5.98. The first kappa shape index (κ1) is 24.0. The highest BCUT2D eigenvalue weighted by Crippen LogP contribution is 2.27. The minimum absolute atomic E-state index is 0.117. The van der Waals surface area contributed by atoms with E-state index in [0.717, 1.165) is 21.0 Å². The minimum Gasteiger partial charge on any atom is -0.497 e. The van der Waals surface area contributed by atoms with Gasteiger partial charge in [0.2, 0.25) is 0 Å². The zero-order valence-electron chi connectivity index (χ0n) is 18.9. The molecule has 0 spiro atoms. The smallest absolute Gasteiger partial charge is 0.264 e. The van der Waals surface area contributed by atoms with Gasteiger partial charge in [0, 0.05) is 0 Å². The molecule has 33 heavy (non-hydrogen) atoms. The van der Waals surface area contributed by atoms with Gasteiger partial charge in [-0.25, -0.2) is 13.8 Å². The molecule has 0 aromatic heterocycles. The van der Waals surface area contributed by atoms with Crippen molar-refractivity contribution >= 4 is 27.8 Å². The van der Waals surface area contributed by atoms with Crippen LogP contribution in [-0.4, -0.2) is 34.2 Å². The predicted octanol–water partition coefficient (Wildman–Crippen LogP) is 3.91. The number of sulfonamides is 1. The summed E-state index contributed by atoms with van der Waals surface area (Å²) >= 11 is 0. The van der Waals surface area contributed by atoms with Gasteiger partial charge < -0.3 is 4.74 Å². The van der Waals surface area contributed by atoms with Crippen LogP contribution in [0.4, 0.5) is 5.69 Å². The quantitative estimate of drug-likeness (QED) is 0.383. The molecule has 1 N–H and O–H groups in total. The molecule has 0 radical (unpaired) electrons. The molecule has 0 bridgehead atoms. The summed E-state index contributed by atoms with van der Waals surface area (Å²) in [6.45, 7) is 3.41. The van der Waals surface area contributed by atoms with E-state index < -0.39 is 22.5 Å². The van der Waals surface area contributed by atoms with Crippen LogP contribution >= 0.6 is 0 Å². The number of amides is 1. The number of hydrazone groups is 1. The fourth-order valence-corrected chi connectivity index (χ4v) is 4.72. The molecular weight excluding hydrogens is 438 g/mol. The lowest BCUT2D eigenvalue weighted by molar-refractivity contribution is -0.119. The van der Waals surface area contributed by atoms with Gasteiger partial charge in [-0.2, -0.15) is 5.10 Å². The third-order valence-electron chi connectivity index (χ3n) is 5.03. The van der Waals surface area contributed by atoms with Gasteiger partial charge in [-0.15, -0.1) is 0 Å². The molecule has 8 heteroatoms. The number of aryl methyl sites for hydroxylation is 2. The van der Waals surface area contributed by atoms with Gasteiger partial charge in [0.25, 0.3) is 15.9 Å². The van der Waals surface area contributed by atoms with E-state index in [9.17, 15) is 13.2 Å². The van der Waals surface area contributed by atoms with Crippen LogP contribution in [0.1, 0.15) is 23.6 Å². The molecule has 0 atom stereocenters. The topological polar surface area (TPSA) is 88.1 Å². The van der Waals surface area contributed by atoms with Crippen LogP contribution in [-0.2, 0) is 21.2 Å². The van der Waals surface area contributed by atoms with Crippen LogP contribution in [0.2, 0.25) is 0 Å². The van der Waals surface area contributed by atoms with Crippen LogP contribution in [0.5, 0.6) is 5.75 Å². The second kappa shape index (κ2) is 10.8. The second-order valence-corrected chi connectivity index (χ2v) is 9.24. The summed E-state index contributed by atoms with van der Waals surface area (Å²) in [5.41, 5.74) is 5.38. The van der Waals surface area contributed by atoms with E-state index in [1.54, 1.807) is 61.7 Å². The Hall–Kier alpha value is -3.65. The molecule has 3 aromatic rings.